The highest BCUT2D eigenvalue weighted by Crippen LogP contribution is 2.19. The van der Waals surface area contributed by atoms with Gasteiger partial charge < -0.3 is 15.6 Å². The molecule has 2 aromatic carbocycles. The Kier molecular flexibility index (Phi) is 5.20. The average molecular weight is 389 g/mol. The lowest BCUT2D eigenvalue weighted by Gasteiger charge is -2.09. The molecule has 0 bridgehead atoms. The maximum Gasteiger partial charge on any atom is 0.270 e. The number of aromatic amines is 1. The van der Waals surface area contributed by atoms with Gasteiger partial charge in [0.25, 0.3) is 5.91 Å². The fraction of sp³-hybridized carbons (Fsp3) is 0.136. The molecule has 0 fully saturated rings. The summed E-state index contributed by atoms with van der Waals surface area (Å²) in [6, 6.07) is 15.9. The van der Waals surface area contributed by atoms with Gasteiger partial charge >= 0.3 is 0 Å². The van der Waals surface area contributed by atoms with Crippen molar-refractivity contribution in [2.45, 2.75) is 13.3 Å². The number of rotatable bonds is 6. The average Bonchev–Trinajstić information content (AvgIpc) is 3.12. The number of nitrogens with one attached hydrogen (secondary N) is 3. The minimum Gasteiger partial charge on any atom is -0.361 e. The fourth-order valence-electron chi connectivity index (χ4n) is 3.16. The Hall–Kier alpha value is -3.74. The number of aryl methyl sites for hydroxylation is 1. The SMILES string of the molecule is Cc1cc(C(=O)NCCc2c[nH]c3ccccc23)nc(Nc2ccccc2F)n1. The number of carbonyl (C=O) groups is 1. The molecule has 0 aliphatic rings. The maximum atomic E-state index is 13.8. The van der Waals surface area contributed by atoms with Crippen LogP contribution in [0.15, 0.2) is 60.8 Å². The summed E-state index contributed by atoms with van der Waals surface area (Å²) >= 11 is 0. The van der Waals surface area contributed by atoms with Gasteiger partial charge in [0.15, 0.2) is 0 Å². The monoisotopic (exact) mass is 389 g/mol. The largest absolute Gasteiger partial charge is 0.361 e. The quantitative estimate of drug-likeness (QED) is 0.463. The van der Waals surface area contributed by atoms with Crippen LogP contribution in [0.25, 0.3) is 10.9 Å². The van der Waals surface area contributed by atoms with Gasteiger partial charge in [0.05, 0.1) is 5.69 Å². The number of anilines is 2. The van der Waals surface area contributed by atoms with E-state index in [0.29, 0.717) is 18.7 Å². The minimum absolute atomic E-state index is 0.178. The smallest absolute Gasteiger partial charge is 0.270 e. The molecule has 0 atom stereocenters. The number of nitrogens with zero attached hydrogens (tertiary/aromatic N) is 2. The molecule has 0 aliphatic heterocycles. The van der Waals surface area contributed by atoms with E-state index < -0.39 is 5.82 Å². The highest BCUT2D eigenvalue weighted by molar-refractivity contribution is 5.92. The van der Waals surface area contributed by atoms with Crippen LogP contribution >= 0.6 is 0 Å². The summed E-state index contributed by atoms with van der Waals surface area (Å²) in [5.74, 6) is -0.536. The van der Waals surface area contributed by atoms with Crippen molar-refractivity contribution in [1.29, 1.82) is 0 Å². The summed E-state index contributed by atoms with van der Waals surface area (Å²) in [5.41, 5.74) is 3.31. The van der Waals surface area contributed by atoms with Gasteiger partial charge in [-0.3, -0.25) is 4.79 Å². The lowest BCUT2D eigenvalue weighted by atomic mass is 10.1. The van der Waals surface area contributed by atoms with Gasteiger partial charge in [0, 0.05) is 29.3 Å². The predicted octanol–water partition coefficient (Wildman–Crippen LogP) is 4.12. The molecule has 4 aromatic rings. The number of amides is 1. The molecule has 0 spiro atoms. The van der Waals surface area contributed by atoms with E-state index in [1.807, 2.05) is 24.4 Å². The summed E-state index contributed by atoms with van der Waals surface area (Å²) in [7, 11) is 0. The normalized spacial score (nSPS) is 10.8. The van der Waals surface area contributed by atoms with E-state index >= 15 is 0 Å². The lowest BCUT2D eigenvalue weighted by molar-refractivity contribution is 0.0949. The van der Waals surface area contributed by atoms with Gasteiger partial charge in [0.2, 0.25) is 5.95 Å². The summed E-state index contributed by atoms with van der Waals surface area (Å²) in [5, 5.41) is 6.86. The first-order valence-corrected chi connectivity index (χ1v) is 9.30. The zero-order valence-corrected chi connectivity index (χ0v) is 15.9. The van der Waals surface area contributed by atoms with E-state index in [-0.39, 0.29) is 23.2 Å². The molecule has 0 unspecified atom stereocenters. The van der Waals surface area contributed by atoms with E-state index in [4.69, 9.17) is 0 Å². The molecule has 2 heterocycles. The molecule has 146 valence electrons. The number of benzene rings is 2. The summed E-state index contributed by atoms with van der Waals surface area (Å²) in [6.45, 7) is 2.23. The summed E-state index contributed by atoms with van der Waals surface area (Å²) < 4.78 is 13.8. The third-order valence-corrected chi connectivity index (χ3v) is 4.56. The molecule has 0 saturated heterocycles. The van der Waals surface area contributed by atoms with Crippen molar-refractivity contribution in [3.63, 3.8) is 0 Å². The number of para-hydroxylation sites is 2. The van der Waals surface area contributed by atoms with E-state index in [0.717, 1.165) is 16.5 Å². The number of hydrogen-bond acceptors (Lipinski definition) is 4. The zero-order chi connectivity index (χ0) is 20.2. The zero-order valence-electron chi connectivity index (χ0n) is 15.9. The Bertz CT molecular complexity index is 1170. The number of aromatic nitrogens is 3. The maximum absolute atomic E-state index is 13.8. The Labute approximate surface area is 167 Å². The first kappa shape index (κ1) is 18.6. The second-order valence-electron chi connectivity index (χ2n) is 6.69. The van der Waals surface area contributed by atoms with Crippen LogP contribution in [0.4, 0.5) is 16.0 Å². The third-order valence-electron chi connectivity index (χ3n) is 4.56. The van der Waals surface area contributed by atoms with Crippen molar-refractivity contribution in [2.75, 3.05) is 11.9 Å². The highest BCUT2D eigenvalue weighted by atomic mass is 19.1. The summed E-state index contributed by atoms with van der Waals surface area (Å²) in [4.78, 5) is 24.2. The molecular formula is C22H20FN5O. The Morgan fingerprint density at radius 1 is 1.10 bits per heavy atom. The molecule has 0 saturated carbocycles. The Balaban J connectivity index is 1.43. The topological polar surface area (TPSA) is 82.7 Å². The second-order valence-corrected chi connectivity index (χ2v) is 6.69. The highest BCUT2D eigenvalue weighted by Gasteiger charge is 2.12. The molecule has 0 radical (unpaired) electrons. The predicted molar refractivity (Wildman–Crippen MR) is 111 cm³/mol. The van der Waals surface area contributed by atoms with Gasteiger partial charge in [-0.2, -0.15) is 0 Å². The van der Waals surface area contributed by atoms with Crippen molar-refractivity contribution < 1.29 is 9.18 Å². The molecule has 3 N–H and O–H groups in total. The first-order chi connectivity index (χ1) is 14.1. The summed E-state index contributed by atoms with van der Waals surface area (Å²) in [6.07, 6.45) is 2.66. The van der Waals surface area contributed by atoms with Gasteiger partial charge in [-0.05, 0) is 43.2 Å². The molecular weight excluding hydrogens is 369 g/mol. The molecule has 6 nitrogen and oxygen atoms in total. The minimum atomic E-state index is -0.415. The van der Waals surface area contributed by atoms with Crippen LogP contribution in [0, 0.1) is 12.7 Å². The van der Waals surface area contributed by atoms with Crippen LogP contribution in [0.3, 0.4) is 0 Å². The van der Waals surface area contributed by atoms with Crippen LogP contribution < -0.4 is 10.6 Å². The van der Waals surface area contributed by atoms with Gasteiger partial charge in [-0.1, -0.05) is 30.3 Å². The first-order valence-electron chi connectivity index (χ1n) is 9.30. The van der Waals surface area contributed by atoms with Gasteiger partial charge in [0.1, 0.15) is 11.5 Å². The van der Waals surface area contributed by atoms with Crippen LogP contribution in [0.5, 0.6) is 0 Å². The van der Waals surface area contributed by atoms with Crippen molar-refractivity contribution in [1.82, 2.24) is 20.3 Å². The Morgan fingerprint density at radius 2 is 1.90 bits per heavy atom. The van der Waals surface area contributed by atoms with Crippen LogP contribution in [0.2, 0.25) is 0 Å². The van der Waals surface area contributed by atoms with E-state index in [1.54, 1.807) is 31.2 Å². The van der Waals surface area contributed by atoms with Crippen molar-refractivity contribution >= 4 is 28.4 Å². The second kappa shape index (κ2) is 8.10. The van der Waals surface area contributed by atoms with Crippen molar-refractivity contribution in [3.05, 3.63) is 83.6 Å². The van der Waals surface area contributed by atoms with E-state index in [1.165, 1.54) is 6.07 Å². The standard InChI is InChI=1S/C22H20FN5O/c1-14-12-20(28-22(26-14)27-19-9-5-3-7-17(19)23)21(29)24-11-10-15-13-25-18-8-4-2-6-16(15)18/h2-9,12-13,25H,10-11H2,1H3,(H,24,29)(H,26,27,28). The Morgan fingerprint density at radius 3 is 2.76 bits per heavy atom. The lowest BCUT2D eigenvalue weighted by Crippen LogP contribution is -2.27. The van der Waals surface area contributed by atoms with Gasteiger partial charge in [-0.15, -0.1) is 0 Å². The third kappa shape index (κ3) is 4.24. The van der Waals surface area contributed by atoms with Crippen LogP contribution in [0.1, 0.15) is 21.7 Å². The van der Waals surface area contributed by atoms with E-state index in [2.05, 4.69) is 31.7 Å². The molecule has 0 aliphatic carbocycles. The van der Waals surface area contributed by atoms with Crippen LogP contribution in [-0.2, 0) is 6.42 Å². The van der Waals surface area contributed by atoms with E-state index in [9.17, 15) is 9.18 Å². The fourth-order valence-corrected chi connectivity index (χ4v) is 3.16. The van der Waals surface area contributed by atoms with Gasteiger partial charge in [-0.25, -0.2) is 14.4 Å². The molecule has 1 amide bonds. The number of H-pyrrole nitrogens is 1. The van der Waals surface area contributed by atoms with Crippen molar-refractivity contribution in [2.24, 2.45) is 0 Å². The molecule has 29 heavy (non-hydrogen) atoms. The van der Waals surface area contributed by atoms with Crippen molar-refractivity contribution in [3.8, 4) is 0 Å². The number of fused-ring (bicyclic) bond motifs is 1. The number of carbonyl (C=O) groups excluding carboxylic acids is 1. The molecule has 4 rings (SSSR count). The number of halogens is 1. The number of hydrogen-bond donors (Lipinski definition) is 3. The molecule has 2 aromatic heterocycles. The molecule has 7 heteroatoms. The van der Waals surface area contributed by atoms with Crippen LogP contribution in [-0.4, -0.2) is 27.4 Å².